The van der Waals surface area contributed by atoms with Crippen LogP contribution < -0.4 is 4.90 Å². The van der Waals surface area contributed by atoms with Gasteiger partial charge in [0.05, 0.1) is 10.0 Å². The predicted molar refractivity (Wildman–Crippen MR) is 123 cm³/mol. The summed E-state index contributed by atoms with van der Waals surface area (Å²) in [5, 5.41) is 16.6. The molecule has 1 heterocycles. The van der Waals surface area contributed by atoms with Crippen molar-refractivity contribution in [2.45, 2.75) is 39.0 Å². The summed E-state index contributed by atoms with van der Waals surface area (Å²) in [5.74, 6) is -1.57. The summed E-state index contributed by atoms with van der Waals surface area (Å²) in [7, 11) is 2.18. The van der Waals surface area contributed by atoms with Crippen LogP contribution in [0.4, 0.5) is 5.69 Å². The zero-order valence-electron chi connectivity index (χ0n) is 17.9. The van der Waals surface area contributed by atoms with Gasteiger partial charge < -0.3 is 20.0 Å². The minimum Gasteiger partial charge on any atom is -0.478 e. The van der Waals surface area contributed by atoms with Crippen LogP contribution in [0.5, 0.6) is 0 Å². The second-order valence-electron chi connectivity index (χ2n) is 7.39. The minimum atomic E-state index is -1.26. The Kier molecular flexibility index (Phi) is 12.2. The van der Waals surface area contributed by atoms with Crippen molar-refractivity contribution >= 4 is 46.7 Å². The number of carboxylic acid groups (broad SMARTS) is 2. The van der Waals surface area contributed by atoms with Gasteiger partial charge in [-0.2, -0.15) is 0 Å². The van der Waals surface area contributed by atoms with Crippen molar-refractivity contribution in [2.24, 2.45) is 5.92 Å². The fourth-order valence-corrected chi connectivity index (χ4v) is 3.62. The van der Waals surface area contributed by atoms with E-state index in [2.05, 4.69) is 11.9 Å². The highest BCUT2D eigenvalue weighted by Crippen LogP contribution is 2.28. The van der Waals surface area contributed by atoms with Crippen molar-refractivity contribution in [3.05, 3.63) is 40.4 Å². The topological polar surface area (TPSA) is 98.2 Å². The fourth-order valence-electron chi connectivity index (χ4n) is 3.33. The highest BCUT2D eigenvalue weighted by atomic mass is 35.5. The summed E-state index contributed by atoms with van der Waals surface area (Å²) in [5.41, 5.74) is 0.825. The summed E-state index contributed by atoms with van der Waals surface area (Å²) >= 11 is 12.0. The average Bonchev–Trinajstić information content (AvgIpc) is 2.71. The molecular formula is C22H30Cl2N2O5. The Morgan fingerprint density at radius 3 is 2.16 bits per heavy atom. The van der Waals surface area contributed by atoms with Crippen molar-refractivity contribution in [1.82, 2.24) is 4.90 Å². The minimum absolute atomic E-state index is 0.166. The van der Waals surface area contributed by atoms with Crippen LogP contribution in [0.3, 0.4) is 0 Å². The van der Waals surface area contributed by atoms with Gasteiger partial charge in [0.25, 0.3) is 0 Å². The van der Waals surface area contributed by atoms with Crippen molar-refractivity contribution in [3.8, 4) is 0 Å². The highest BCUT2D eigenvalue weighted by Gasteiger charge is 2.18. The van der Waals surface area contributed by atoms with Gasteiger partial charge in [0.15, 0.2) is 0 Å². The Morgan fingerprint density at radius 1 is 1.10 bits per heavy atom. The lowest BCUT2D eigenvalue weighted by atomic mass is 9.92. The molecule has 0 aliphatic carbocycles. The third-order valence-electron chi connectivity index (χ3n) is 5.04. The molecule has 1 aliphatic rings. The van der Waals surface area contributed by atoms with Crippen LogP contribution in [0.1, 0.15) is 39.0 Å². The number of piperidine rings is 1. The lowest BCUT2D eigenvalue weighted by molar-refractivity contribution is -0.134. The van der Waals surface area contributed by atoms with Crippen LogP contribution in [0.15, 0.2) is 30.4 Å². The van der Waals surface area contributed by atoms with Crippen molar-refractivity contribution < 1.29 is 24.6 Å². The number of anilines is 1. The van der Waals surface area contributed by atoms with E-state index in [1.54, 1.807) is 17.0 Å². The Balaban J connectivity index is 0.000000512. The second-order valence-corrected chi connectivity index (χ2v) is 8.20. The number of aliphatic carboxylic acids is 2. The smallest absolute Gasteiger partial charge is 0.328 e. The lowest BCUT2D eigenvalue weighted by Crippen LogP contribution is -2.31. The number of carbonyl (C=O) groups excluding carboxylic acids is 1. The SMILES string of the molecule is CCN(C(=O)CCCC1CCN(C)CC1)c1ccc(Cl)c(Cl)c1.O=C(O)/C=C/C(=O)O. The molecule has 1 saturated heterocycles. The standard InChI is InChI=1S/C18H26Cl2N2O.C4H4O4/c1-3-22(15-7-8-16(19)17(20)13-15)18(23)6-4-5-14-9-11-21(2)12-10-14;5-3(6)1-2-4(7)8/h7-8,13-14H,3-6,9-12H2,1-2H3;1-2H,(H,5,6)(H,7,8)/b;2-1+. The maximum atomic E-state index is 12.5. The van der Waals surface area contributed by atoms with Crippen LogP contribution >= 0.6 is 23.2 Å². The maximum Gasteiger partial charge on any atom is 0.328 e. The molecule has 0 bridgehead atoms. The lowest BCUT2D eigenvalue weighted by Gasteiger charge is -2.29. The van der Waals surface area contributed by atoms with Gasteiger partial charge in [-0.1, -0.05) is 23.2 Å². The molecule has 0 spiro atoms. The molecule has 2 rings (SSSR count). The first-order chi connectivity index (χ1) is 14.6. The van der Waals surface area contributed by atoms with Gasteiger partial charge in [-0.3, -0.25) is 4.79 Å². The summed E-state index contributed by atoms with van der Waals surface area (Å²) in [4.78, 5) is 35.8. The Morgan fingerprint density at radius 2 is 1.68 bits per heavy atom. The first-order valence-corrected chi connectivity index (χ1v) is 11.0. The van der Waals surface area contributed by atoms with Gasteiger partial charge in [-0.25, -0.2) is 9.59 Å². The van der Waals surface area contributed by atoms with Gasteiger partial charge in [-0.15, -0.1) is 0 Å². The summed E-state index contributed by atoms with van der Waals surface area (Å²) in [6.45, 7) is 4.99. The number of carboxylic acids is 2. The third kappa shape index (κ3) is 10.7. The van der Waals surface area contributed by atoms with Gasteiger partial charge in [0.1, 0.15) is 0 Å². The number of amides is 1. The zero-order valence-corrected chi connectivity index (χ0v) is 19.4. The van der Waals surface area contributed by atoms with Crippen LogP contribution in [-0.4, -0.2) is 59.6 Å². The molecule has 172 valence electrons. The Bertz CT molecular complexity index is 761. The molecule has 31 heavy (non-hydrogen) atoms. The van der Waals surface area contributed by atoms with E-state index < -0.39 is 11.9 Å². The van der Waals surface area contributed by atoms with E-state index in [0.717, 1.165) is 24.4 Å². The van der Waals surface area contributed by atoms with Crippen molar-refractivity contribution in [1.29, 1.82) is 0 Å². The molecule has 2 N–H and O–H groups in total. The van der Waals surface area contributed by atoms with E-state index in [9.17, 15) is 14.4 Å². The van der Waals surface area contributed by atoms with Gasteiger partial charge in [0, 0.05) is 30.8 Å². The quantitative estimate of drug-likeness (QED) is 0.537. The van der Waals surface area contributed by atoms with E-state index in [1.807, 2.05) is 13.0 Å². The molecule has 1 amide bonds. The van der Waals surface area contributed by atoms with E-state index in [4.69, 9.17) is 33.4 Å². The first-order valence-electron chi connectivity index (χ1n) is 10.2. The van der Waals surface area contributed by atoms with E-state index in [0.29, 0.717) is 35.2 Å². The normalized spacial score (nSPS) is 14.7. The molecule has 0 unspecified atom stereocenters. The molecule has 0 atom stereocenters. The Labute approximate surface area is 193 Å². The predicted octanol–water partition coefficient (Wildman–Crippen LogP) is 4.57. The van der Waals surface area contributed by atoms with Gasteiger partial charge in [-0.05, 0) is 76.9 Å². The molecule has 0 radical (unpaired) electrons. The molecule has 0 aromatic heterocycles. The zero-order chi connectivity index (χ0) is 23.4. The maximum absolute atomic E-state index is 12.5. The molecule has 9 heteroatoms. The van der Waals surface area contributed by atoms with E-state index in [-0.39, 0.29) is 5.91 Å². The van der Waals surface area contributed by atoms with Gasteiger partial charge in [0.2, 0.25) is 5.91 Å². The van der Waals surface area contributed by atoms with Crippen LogP contribution in [0.25, 0.3) is 0 Å². The number of hydrogen-bond acceptors (Lipinski definition) is 4. The number of rotatable bonds is 8. The summed E-state index contributed by atoms with van der Waals surface area (Å²) in [6.07, 6.45) is 6.35. The number of halogens is 2. The van der Waals surface area contributed by atoms with Crippen molar-refractivity contribution in [3.63, 3.8) is 0 Å². The number of nitrogens with zero attached hydrogens (tertiary/aromatic N) is 2. The second kappa shape index (κ2) is 14.1. The highest BCUT2D eigenvalue weighted by molar-refractivity contribution is 6.42. The monoisotopic (exact) mass is 472 g/mol. The molecule has 1 aromatic carbocycles. The molecular weight excluding hydrogens is 443 g/mol. The fraction of sp³-hybridized carbons (Fsp3) is 0.500. The molecule has 1 fully saturated rings. The molecule has 7 nitrogen and oxygen atoms in total. The first kappa shape index (κ1) is 26.9. The van der Waals surface area contributed by atoms with Crippen LogP contribution in [0.2, 0.25) is 10.0 Å². The number of hydrogen-bond donors (Lipinski definition) is 2. The van der Waals surface area contributed by atoms with Crippen molar-refractivity contribution in [2.75, 3.05) is 31.6 Å². The molecule has 0 saturated carbocycles. The summed E-state index contributed by atoms with van der Waals surface area (Å²) < 4.78 is 0. The van der Waals surface area contributed by atoms with E-state index in [1.165, 1.54) is 25.9 Å². The third-order valence-corrected chi connectivity index (χ3v) is 5.78. The number of likely N-dealkylation sites (tertiary alicyclic amines) is 1. The average molecular weight is 473 g/mol. The van der Waals surface area contributed by atoms with Crippen LogP contribution in [-0.2, 0) is 14.4 Å². The largest absolute Gasteiger partial charge is 0.478 e. The van der Waals surface area contributed by atoms with E-state index >= 15 is 0 Å². The van der Waals surface area contributed by atoms with Gasteiger partial charge >= 0.3 is 11.9 Å². The summed E-state index contributed by atoms with van der Waals surface area (Å²) in [6, 6.07) is 5.36. The number of benzene rings is 1. The number of carbonyl (C=O) groups is 3. The Hall–Kier alpha value is -2.09. The molecule has 1 aromatic rings. The van der Waals surface area contributed by atoms with Crippen LogP contribution in [0, 0.1) is 5.92 Å². The molecule has 1 aliphatic heterocycles.